The van der Waals surface area contributed by atoms with E-state index in [2.05, 4.69) is 10.6 Å². The smallest absolute Gasteiger partial charge is 0.259 e. The molecule has 4 N–H and O–H groups in total. The summed E-state index contributed by atoms with van der Waals surface area (Å²) < 4.78 is 17.0. The number of hydrogen-bond donors (Lipinski definition) is 3. The van der Waals surface area contributed by atoms with Crippen LogP contribution in [0.1, 0.15) is 37.5 Å². The maximum absolute atomic E-state index is 14.7. The highest BCUT2D eigenvalue weighted by molar-refractivity contribution is 5.98. The molecular weight excluding hydrogens is 734 g/mol. The molecule has 0 aliphatic carbocycles. The van der Waals surface area contributed by atoms with Gasteiger partial charge in [0.15, 0.2) is 11.5 Å². The summed E-state index contributed by atoms with van der Waals surface area (Å²) >= 11 is 0. The van der Waals surface area contributed by atoms with Gasteiger partial charge in [0.1, 0.15) is 47.8 Å². The molecule has 3 aromatic carbocycles. The molecule has 0 radical (unpaired) electrons. The monoisotopic (exact) mass is 785 g/mol. The van der Waals surface area contributed by atoms with E-state index in [1.165, 1.54) is 70.8 Å². The van der Waals surface area contributed by atoms with Crippen LogP contribution in [-0.4, -0.2) is 127 Å². The minimum atomic E-state index is -1.28. The summed E-state index contributed by atoms with van der Waals surface area (Å²) in [6, 6.07) is 11.9. The molecule has 16 nitrogen and oxygen atoms in total. The molecule has 6 atom stereocenters. The number of hydrogen-bond acceptors (Lipinski definition) is 10. The molecule has 16 heteroatoms. The number of likely N-dealkylation sites (N-methyl/N-ethyl adjacent to an activating group) is 3. The first-order valence-electron chi connectivity index (χ1n) is 18.6. The van der Waals surface area contributed by atoms with Crippen LogP contribution in [0.15, 0.2) is 66.7 Å². The lowest BCUT2D eigenvalue weighted by molar-refractivity contribution is -0.152. The Morgan fingerprint density at radius 1 is 0.667 bits per heavy atom. The Morgan fingerprint density at radius 3 is 1.88 bits per heavy atom. The van der Waals surface area contributed by atoms with Crippen LogP contribution < -0.4 is 30.7 Å². The molecule has 6 bridgehead atoms. The Kier molecular flexibility index (Phi) is 13.1. The number of nitrogens with two attached hydrogens (primary N) is 1. The van der Waals surface area contributed by atoms with Crippen LogP contribution in [0.4, 0.5) is 0 Å². The molecule has 1 fully saturated rings. The van der Waals surface area contributed by atoms with Gasteiger partial charge in [-0.05, 0) is 73.9 Å². The van der Waals surface area contributed by atoms with Crippen LogP contribution in [-0.2, 0) is 48.0 Å². The molecule has 6 rings (SSSR count). The van der Waals surface area contributed by atoms with Crippen molar-refractivity contribution in [1.29, 1.82) is 0 Å². The number of carbonyl (C=O) groups is 6. The minimum Gasteiger partial charge on any atom is -0.497 e. The molecular formula is C41H51N7O9. The van der Waals surface area contributed by atoms with Crippen LogP contribution >= 0.6 is 0 Å². The highest BCUT2D eigenvalue weighted by atomic mass is 16.5. The average molecular weight is 786 g/mol. The predicted octanol–water partition coefficient (Wildman–Crippen LogP) is 1.43. The molecule has 3 aromatic rings. The van der Waals surface area contributed by atoms with E-state index in [4.69, 9.17) is 20.1 Å². The van der Waals surface area contributed by atoms with Crippen molar-refractivity contribution in [1.82, 2.24) is 30.3 Å². The van der Waals surface area contributed by atoms with Gasteiger partial charge in [0.2, 0.25) is 29.5 Å². The second kappa shape index (κ2) is 17.7. The SMILES string of the molecule is COc1ccc(C[C@H]2C(=O)N[C@@H](C)C(=O)N(C)[C@H]3Cc4ccc(cc4)Oc4cc(ccc4OC)C[C@@H](C(=O)N[C@H](C)C(=O)N(N)[C@@H](C)C(=O)N2C)N(C)C3=O)cc1. The number of ether oxygens (including phenoxy) is 3. The fourth-order valence-electron chi connectivity index (χ4n) is 6.95. The fraction of sp³-hybridized carbons (Fsp3) is 0.415. The van der Waals surface area contributed by atoms with Gasteiger partial charge in [-0.1, -0.05) is 30.3 Å². The molecule has 3 heterocycles. The van der Waals surface area contributed by atoms with Gasteiger partial charge < -0.3 is 39.5 Å². The van der Waals surface area contributed by atoms with Gasteiger partial charge in [-0.2, -0.15) is 0 Å². The van der Waals surface area contributed by atoms with Crippen molar-refractivity contribution < 1.29 is 43.0 Å². The fourth-order valence-corrected chi connectivity index (χ4v) is 6.95. The van der Waals surface area contributed by atoms with Crippen molar-refractivity contribution in [2.24, 2.45) is 5.84 Å². The molecule has 0 aromatic heterocycles. The molecule has 3 aliphatic heterocycles. The van der Waals surface area contributed by atoms with E-state index in [0.29, 0.717) is 44.7 Å². The third-order valence-electron chi connectivity index (χ3n) is 10.6. The van der Waals surface area contributed by atoms with Crippen LogP contribution in [0.5, 0.6) is 23.0 Å². The molecule has 304 valence electrons. The number of hydrazine groups is 1. The molecule has 3 aliphatic rings. The second-order valence-electron chi connectivity index (χ2n) is 14.5. The Morgan fingerprint density at radius 2 is 1.25 bits per heavy atom. The van der Waals surface area contributed by atoms with E-state index in [1.54, 1.807) is 66.7 Å². The summed E-state index contributed by atoms with van der Waals surface area (Å²) in [6.07, 6.45) is 0.0577. The highest BCUT2D eigenvalue weighted by Crippen LogP contribution is 2.34. The zero-order chi connectivity index (χ0) is 41.7. The largest absolute Gasteiger partial charge is 0.497 e. The first-order chi connectivity index (χ1) is 27.0. The van der Waals surface area contributed by atoms with E-state index in [0.717, 1.165) is 0 Å². The average Bonchev–Trinajstić information content (AvgIpc) is 3.21. The number of nitrogens with zero attached hydrogens (tertiary/aromatic N) is 4. The van der Waals surface area contributed by atoms with Gasteiger partial charge in [-0.25, -0.2) is 5.84 Å². The first kappa shape index (κ1) is 42.0. The number of nitrogens with one attached hydrogen (secondary N) is 2. The molecule has 0 unspecified atom stereocenters. The number of fused-ring (bicyclic) bond motifs is 2. The lowest BCUT2D eigenvalue weighted by Crippen LogP contribution is -2.63. The number of amides is 6. The topological polar surface area (TPSA) is 193 Å². The third-order valence-corrected chi connectivity index (χ3v) is 10.6. The number of methoxy groups -OCH3 is 2. The zero-order valence-electron chi connectivity index (χ0n) is 33.5. The second-order valence-corrected chi connectivity index (χ2v) is 14.5. The van der Waals surface area contributed by atoms with Gasteiger partial charge in [0.25, 0.3) is 5.91 Å². The zero-order valence-corrected chi connectivity index (χ0v) is 33.5. The Bertz CT molecular complexity index is 1990. The van der Waals surface area contributed by atoms with Crippen molar-refractivity contribution in [2.45, 2.75) is 76.3 Å². The minimum absolute atomic E-state index is 0.0225. The van der Waals surface area contributed by atoms with Crippen molar-refractivity contribution in [2.75, 3.05) is 35.4 Å². The van der Waals surface area contributed by atoms with Crippen molar-refractivity contribution >= 4 is 35.4 Å². The summed E-state index contributed by atoms with van der Waals surface area (Å²) in [7, 11) is 7.37. The van der Waals surface area contributed by atoms with Gasteiger partial charge in [0, 0.05) is 40.4 Å². The summed E-state index contributed by atoms with van der Waals surface area (Å²) in [6.45, 7) is 4.32. The lowest BCUT2D eigenvalue weighted by atomic mass is 9.98. The predicted molar refractivity (Wildman–Crippen MR) is 209 cm³/mol. The van der Waals surface area contributed by atoms with Gasteiger partial charge in [-0.15, -0.1) is 0 Å². The molecule has 0 spiro atoms. The Labute approximate surface area is 332 Å². The number of benzene rings is 3. The quantitative estimate of drug-likeness (QED) is 0.258. The summed E-state index contributed by atoms with van der Waals surface area (Å²) in [5.41, 5.74) is 1.97. The summed E-state index contributed by atoms with van der Waals surface area (Å²) in [5, 5.41) is 6.16. The van der Waals surface area contributed by atoms with E-state index in [-0.39, 0.29) is 19.3 Å². The molecule has 0 saturated carbocycles. The number of carbonyl (C=O) groups excluding carboxylic acids is 6. The maximum atomic E-state index is 14.7. The van der Waals surface area contributed by atoms with Gasteiger partial charge in [-0.3, -0.25) is 33.8 Å². The molecule has 57 heavy (non-hydrogen) atoms. The molecule has 1 saturated heterocycles. The lowest BCUT2D eigenvalue weighted by Gasteiger charge is -2.37. The normalized spacial score (nSPS) is 24.3. The van der Waals surface area contributed by atoms with Gasteiger partial charge >= 0.3 is 0 Å². The van der Waals surface area contributed by atoms with Crippen LogP contribution in [0.25, 0.3) is 0 Å². The molecule has 6 amide bonds. The van der Waals surface area contributed by atoms with Crippen LogP contribution in [0.2, 0.25) is 0 Å². The standard InChI is InChI=1S/C41H51N7O9/c1-23-38(51)47(6)33-20-27-11-16-30(17-12-27)57-35-22-28(13-18-34(35)56-8)21-32(46(5)41(33)54)37(50)44-24(2)39(52)48(42)25(3)40(53)45(4)31(36(49)43-23)19-26-9-14-29(55-7)15-10-26/h9-18,22-25,31-33H,19-21,42H2,1-8H3,(H,43,49)(H,44,50)/t23-,24+,25-,31-,32-,33-/m0/s1. The first-order valence-corrected chi connectivity index (χ1v) is 18.6. The van der Waals surface area contributed by atoms with Gasteiger partial charge in [0.05, 0.1) is 14.2 Å². The third kappa shape index (κ3) is 9.28. The van der Waals surface area contributed by atoms with E-state index < -0.39 is 71.7 Å². The van der Waals surface area contributed by atoms with E-state index >= 15 is 0 Å². The summed E-state index contributed by atoms with van der Waals surface area (Å²) in [5.74, 6) is 4.24. The van der Waals surface area contributed by atoms with Crippen LogP contribution in [0, 0.1) is 0 Å². The van der Waals surface area contributed by atoms with E-state index in [1.807, 2.05) is 0 Å². The number of rotatable bonds is 4. The van der Waals surface area contributed by atoms with Crippen molar-refractivity contribution in [3.8, 4) is 23.0 Å². The van der Waals surface area contributed by atoms with E-state index in [9.17, 15) is 28.8 Å². The van der Waals surface area contributed by atoms with Crippen molar-refractivity contribution in [3.63, 3.8) is 0 Å². The maximum Gasteiger partial charge on any atom is 0.259 e. The summed E-state index contributed by atoms with van der Waals surface area (Å²) in [4.78, 5) is 88.7. The Hall–Kier alpha value is -6.16. The van der Waals surface area contributed by atoms with Crippen molar-refractivity contribution in [3.05, 3.63) is 83.4 Å². The highest BCUT2D eigenvalue weighted by Gasteiger charge is 2.40. The Balaban J connectivity index is 1.60. The van der Waals surface area contributed by atoms with Crippen LogP contribution in [0.3, 0.4) is 0 Å².